The maximum absolute atomic E-state index is 15.7. The fourth-order valence-corrected chi connectivity index (χ4v) is 10.4. The summed E-state index contributed by atoms with van der Waals surface area (Å²) in [4.78, 5) is 71.7. The highest BCUT2D eigenvalue weighted by Gasteiger charge is 2.43. The van der Waals surface area contributed by atoms with Crippen LogP contribution in [0.1, 0.15) is 93.1 Å². The Hall–Kier alpha value is -5.46. The molecule has 18 heteroatoms. The largest absolute Gasteiger partial charge is 0.385 e. The minimum absolute atomic E-state index is 0.0158. The van der Waals surface area contributed by atoms with E-state index in [0.717, 1.165) is 107 Å². The van der Waals surface area contributed by atoms with Crippen molar-refractivity contribution in [3.8, 4) is 0 Å². The lowest BCUT2D eigenvalue weighted by atomic mass is 9.82. The molecule has 1 aromatic heterocycles. The fourth-order valence-electron chi connectivity index (χ4n) is 10.4. The van der Waals surface area contributed by atoms with Gasteiger partial charge >= 0.3 is 0 Å². The average Bonchev–Trinajstić information content (AvgIpc) is 3.64. The zero-order chi connectivity index (χ0) is 48.0. The van der Waals surface area contributed by atoms with Crippen LogP contribution >= 0.6 is 0 Å². The summed E-state index contributed by atoms with van der Waals surface area (Å²) in [6.45, 7) is 13.9. The molecular formula is C50H70F2N12O4. The number of rotatable bonds is 19. The van der Waals surface area contributed by atoms with Crippen LogP contribution in [-0.4, -0.2) is 157 Å². The summed E-state index contributed by atoms with van der Waals surface area (Å²) in [7, 11) is 4.28. The molecular weight excluding hydrogens is 871 g/mol. The van der Waals surface area contributed by atoms with Crippen molar-refractivity contribution in [2.24, 2.45) is 5.41 Å². The number of likely N-dealkylation sites (N-methyl/N-ethyl adjacent to an activating group) is 1. The predicted octanol–water partition coefficient (Wildman–Crippen LogP) is 4.67. The monoisotopic (exact) mass is 941 g/mol. The van der Waals surface area contributed by atoms with E-state index in [0.29, 0.717) is 63.1 Å². The minimum Gasteiger partial charge on any atom is -0.385 e. The maximum atomic E-state index is 15.7. The number of hydrogen-bond donors (Lipinski definition) is 4. The lowest BCUT2D eigenvalue weighted by molar-refractivity contribution is -0.137. The zero-order valence-electron chi connectivity index (χ0n) is 40.3. The maximum Gasteiger partial charge on any atom is 0.255 e. The van der Waals surface area contributed by atoms with Crippen molar-refractivity contribution in [2.75, 3.05) is 113 Å². The number of piperazine rings is 1. The van der Waals surface area contributed by atoms with Gasteiger partial charge in [0, 0.05) is 93.3 Å². The number of hydrogen-bond acceptors (Lipinski definition) is 13. The quantitative estimate of drug-likeness (QED) is 0.0971. The van der Waals surface area contributed by atoms with Gasteiger partial charge in [-0.3, -0.25) is 29.4 Å². The van der Waals surface area contributed by atoms with Gasteiger partial charge in [0.2, 0.25) is 17.7 Å². The second-order valence-corrected chi connectivity index (χ2v) is 20.5. The third-order valence-corrected chi connectivity index (χ3v) is 14.7. The van der Waals surface area contributed by atoms with Gasteiger partial charge in [-0.25, -0.2) is 18.7 Å². The van der Waals surface area contributed by atoms with Crippen LogP contribution < -0.4 is 31.1 Å². The third kappa shape index (κ3) is 12.0. The third-order valence-electron chi connectivity index (χ3n) is 14.7. The molecule has 5 aliphatic rings. The molecule has 1 atom stereocenters. The van der Waals surface area contributed by atoms with Crippen LogP contribution in [0.5, 0.6) is 0 Å². The molecule has 0 saturated carbocycles. The van der Waals surface area contributed by atoms with Crippen molar-refractivity contribution < 1.29 is 28.0 Å². The van der Waals surface area contributed by atoms with Gasteiger partial charge < -0.3 is 40.4 Å². The lowest BCUT2D eigenvalue weighted by Crippen LogP contribution is -2.66. The van der Waals surface area contributed by atoms with E-state index in [9.17, 15) is 19.2 Å². The van der Waals surface area contributed by atoms with Gasteiger partial charge in [-0.1, -0.05) is 19.9 Å². The molecule has 3 aromatic rings. The van der Waals surface area contributed by atoms with Gasteiger partial charge in [0.05, 0.1) is 17.8 Å². The normalized spacial score (nSPS) is 20.6. The second-order valence-electron chi connectivity index (χ2n) is 20.5. The Morgan fingerprint density at radius 2 is 1.53 bits per heavy atom. The van der Waals surface area contributed by atoms with E-state index in [4.69, 9.17) is 0 Å². The number of carbonyl (C=O) groups is 4. The highest BCUT2D eigenvalue weighted by atomic mass is 19.1. The van der Waals surface area contributed by atoms with Crippen molar-refractivity contribution in [2.45, 2.75) is 96.3 Å². The van der Waals surface area contributed by atoms with Gasteiger partial charge in [0.15, 0.2) is 0 Å². The van der Waals surface area contributed by atoms with Gasteiger partial charge in [0.25, 0.3) is 5.91 Å². The van der Waals surface area contributed by atoms with E-state index in [2.05, 4.69) is 78.8 Å². The minimum atomic E-state index is -0.625. The Morgan fingerprint density at radius 1 is 0.794 bits per heavy atom. The number of anilines is 4. The molecule has 8 rings (SSSR count). The lowest BCUT2D eigenvalue weighted by Gasteiger charge is -2.48. The summed E-state index contributed by atoms with van der Waals surface area (Å²) >= 11 is 0. The number of carbonyl (C=O) groups excluding carboxylic acids is 4. The number of nitrogens with one attached hydrogen (secondary N) is 4. The molecule has 2 aromatic carbocycles. The summed E-state index contributed by atoms with van der Waals surface area (Å²) < 4.78 is 31.2. The Balaban J connectivity index is 0.710. The van der Waals surface area contributed by atoms with E-state index in [1.165, 1.54) is 12.1 Å². The first-order valence-corrected chi connectivity index (χ1v) is 24.6. The molecule has 0 aliphatic carbocycles. The average molecular weight is 941 g/mol. The fraction of sp³-hybridized carbons (Fsp3) is 0.600. The topological polar surface area (TPSA) is 162 Å². The smallest absolute Gasteiger partial charge is 0.255 e. The van der Waals surface area contributed by atoms with Crippen molar-refractivity contribution in [1.82, 2.24) is 40.2 Å². The molecule has 5 aliphatic heterocycles. The molecule has 6 heterocycles. The molecule has 4 fully saturated rings. The summed E-state index contributed by atoms with van der Waals surface area (Å²) in [5.74, 6) is -0.409. The number of halogens is 2. The number of unbranched alkanes of at least 4 members (excludes halogenated alkanes) is 1. The van der Waals surface area contributed by atoms with Gasteiger partial charge in [-0.15, -0.1) is 0 Å². The first-order valence-electron chi connectivity index (χ1n) is 24.6. The van der Waals surface area contributed by atoms with E-state index in [1.807, 2.05) is 18.2 Å². The Bertz CT molecular complexity index is 2300. The number of benzene rings is 2. The zero-order valence-corrected chi connectivity index (χ0v) is 40.3. The Morgan fingerprint density at radius 3 is 2.28 bits per heavy atom. The van der Waals surface area contributed by atoms with Crippen LogP contribution in [0, 0.1) is 17.0 Å². The molecule has 368 valence electrons. The van der Waals surface area contributed by atoms with Gasteiger partial charge in [-0.2, -0.15) is 0 Å². The molecule has 1 spiro atoms. The van der Waals surface area contributed by atoms with Gasteiger partial charge in [0.1, 0.15) is 35.6 Å². The van der Waals surface area contributed by atoms with Crippen LogP contribution in [0.15, 0.2) is 42.7 Å². The Labute approximate surface area is 399 Å². The number of nitrogens with zero attached hydrogens (tertiary/aromatic N) is 8. The van der Waals surface area contributed by atoms with Crippen molar-refractivity contribution >= 4 is 46.6 Å². The molecule has 68 heavy (non-hydrogen) atoms. The molecule has 16 nitrogen and oxygen atoms in total. The SMILES string of the molecule is CN(CCCCN(C)CCNc1cc(N2CCC3(CC2)CN(c2cc(F)c(CN4CCC(C)(C)CC4)cc2F)CC(=O)N3)ncn1)CCCNc1cccc2c1CN(C1CCC(=O)NC1=O)C2=O. The Kier molecular flexibility index (Phi) is 15.5. The van der Waals surface area contributed by atoms with Crippen LogP contribution in [0.4, 0.5) is 31.8 Å². The number of fused-ring (bicyclic) bond motifs is 1. The van der Waals surface area contributed by atoms with E-state index >= 15 is 8.78 Å². The number of likely N-dealkylation sites (tertiary alicyclic amines) is 1. The van der Waals surface area contributed by atoms with Crippen LogP contribution in [-0.2, 0) is 27.5 Å². The number of piperidine rings is 3. The molecule has 4 amide bonds. The summed E-state index contributed by atoms with van der Waals surface area (Å²) in [6, 6.07) is 9.59. The highest BCUT2D eigenvalue weighted by Crippen LogP contribution is 2.35. The summed E-state index contributed by atoms with van der Waals surface area (Å²) in [5, 5.41) is 12.5. The number of aromatic nitrogens is 2. The second kappa shape index (κ2) is 21.5. The predicted molar refractivity (Wildman–Crippen MR) is 260 cm³/mol. The van der Waals surface area contributed by atoms with Crippen molar-refractivity contribution in [1.29, 1.82) is 0 Å². The highest BCUT2D eigenvalue weighted by molar-refractivity contribution is 6.06. The van der Waals surface area contributed by atoms with Crippen molar-refractivity contribution in [3.05, 3.63) is 71.1 Å². The van der Waals surface area contributed by atoms with Crippen LogP contribution in [0.2, 0.25) is 0 Å². The molecule has 4 saturated heterocycles. The van der Waals surface area contributed by atoms with E-state index < -0.39 is 29.1 Å². The number of amides is 4. The molecule has 0 bridgehead atoms. The first kappa shape index (κ1) is 49.0. The molecule has 4 N–H and O–H groups in total. The summed E-state index contributed by atoms with van der Waals surface area (Å²) in [5.41, 5.74) is 2.65. The van der Waals surface area contributed by atoms with Crippen LogP contribution in [0.3, 0.4) is 0 Å². The summed E-state index contributed by atoms with van der Waals surface area (Å²) in [6.07, 6.45) is 8.60. The van der Waals surface area contributed by atoms with E-state index in [-0.39, 0.29) is 41.8 Å². The first-order chi connectivity index (χ1) is 32.6. The van der Waals surface area contributed by atoms with E-state index in [1.54, 1.807) is 22.2 Å². The molecule has 1 unspecified atom stereocenters. The molecule has 0 radical (unpaired) electrons. The van der Waals surface area contributed by atoms with Gasteiger partial charge in [-0.05, 0) is 122 Å². The van der Waals surface area contributed by atoms with Crippen molar-refractivity contribution in [3.63, 3.8) is 0 Å². The standard InChI is InChI=1S/C50H70F2N12O4/c1-49(2)13-22-61(23-14-49)30-35-27-39(52)42(28-38(35)51)63-32-46(66)58-50(33-63)15-24-62(25-16-50)44-29-43(55-34-56-44)54-18-26-60(4)20-6-5-19-59(3)21-8-17-53-40-10-7-9-36-37(40)31-64(48(36)68)41-11-12-45(65)57-47(41)67/h7,9-10,27-29,34,41,53H,5-6,8,11-26,30-33H2,1-4H3,(H,58,66)(H,54,55,56)(H,57,65,67). The van der Waals surface area contributed by atoms with Crippen LogP contribution in [0.25, 0.3) is 0 Å². The number of imide groups is 1.